The van der Waals surface area contributed by atoms with Crippen molar-refractivity contribution in [3.63, 3.8) is 0 Å². The van der Waals surface area contributed by atoms with Crippen LogP contribution in [0.25, 0.3) is 0 Å². The fourth-order valence-corrected chi connectivity index (χ4v) is 2.86. The Morgan fingerprint density at radius 3 is 2.00 bits per heavy atom. The van der Waals surface area contributed by atoms with Crippen LogP contribution in [0, 0.1) is 0 Å². The van der Waals surface area contributed by atoms with Gasteiger partial charge >= 0.3 is 0 Å². The standard InChI is InChI=1S/C17H25NO/c1-3-5-12-15-16(13-6-4-2)18(15)17(19)14-10-8-7-9-11-14/h7-11,15-16H,3-6,12-13H2,1-2H3/t15-,16-/m1/s1. The number of carbonyl (C=O) groups excluding carboxylic acids is 1. The van der Waals surface area contributed by atoms with Gasteiger partial charge in [0, 0.05) is 5.56 Å². The molecular weight excluding hydrogens is 234 g/mol. The summed E-state index contributed by atoms with van der Waals surface area (Å²) in [7, 11) is 0. The van der Waals surface area contributed by atoms with Crippen LogP contribution in [0.3, 0.4) is 0 Å². The molecule has 2 atom stereocenters. The number of rotatable bonds is 7. The molecule has 0 spiro atoms. The van der Waals surface area contributed by atoms with E-state index < -0.39 is 0 Å². The molecule has 1 saturated heterocycles. The maximum absolute atomic E-state index is 12.5. The molecule has 0 saturated carbocycles. The second kappa shape index (κ2) is 6.74. The lowest BCUT2D eigenvalue weighted by atomic mass is 10.1. The van der Waals surface area contributed by atoms with Gasteiger partial charge in [-0.05, 0) is 25.0 Å². The fourth-order valence-electron chi connectivity index (χ4n) is 2.86. The highest BCUT2D eigenvalue weighted by molar-refractivity contribution is 5.96. The van der Waals surface area contributed by atoms with Crippen LogP contribution in [0.4, 0.5) is 0 Å². The van der Waals surface area contributed by atoms with E-state index in [2.05, 4.69) is 18.7 Å². The summed E-state index contributed by atoms with van der Waals surface area (Å²) >= 11 is 0. The maximum Gasteiger partial charge on any atom is 0.254 e. The molecule has 1 aliphatic heterocycles. The van der Waals surface area contributed by atoms with Crippen LogP contribution < -0.4 is 0 Å². The van der Waals surface area contributed by atoms with E-state index in [4.69, 9.17) is 0 Å². The molecule has 1 amide bonds. The molecule has 19 heavy (non-hydrogen) atoms. The van der Waals surface area contributed by atoms with Gasteiger partial charge in [-0.1, -0.05) is 57.7 Å². The topological polar surface area (TPSA) is 20.1 Å². The summed E-state index contributed by atoms with van der Waals surface area (Å²) in [6.45, 7) is 4.43. The lowest BCUT2D eigenvalue weighted by molar-refractivity contribution is 0.0862. The van der Waals surface area contributed by atoms with Gasteiger partial charge in [-0.15, -0.1) is 0 Å². The Bertz CT molecular complexity index is 387. The fraction of sp³-hybridized carbons (Fsp3) is 0.588. The van der Waals surface area contributed by atoms with Gasteiger partial charge in [-0.3, -0.25) is 4.79 Å². The van der Waals surface area contributed by atoms with Crippen LogP contribution in [0.5, 0.6) is 0 Å². The minimum Gasteiger partial charge on any atom is -0.329 e. The van der Waals surface area contributed by atoms with E-state index in [1.54, 1.807) is 0 Å². The Kier molecular flexibility index (Phi) is 5.00. The maximum atomic E-state index is 12.5. The van der Waals surface area contributed by atoms with Crippen LogP contribution in [-0.4, -0.2) is 22.9 Å². The van der Waals surface area contributed by atoms with Crippen molar-refractivity contribution in [3.05, 3.63) is 35.9 Å². The number of carbonyl (C=O) groups is 1. The summed E-state index contributed by atoms with van der Waals surface area (Å²) in [5.74, 6) is 0.225. The molecule has 104 valence electrons. The molecule has 0 aromatic heterocycles. The van der Waals surface area contributed by atoms with Crippen molar-refractivity contribution in [1.29, 1.82) is 0 Å². The highest BCUT2D eigenvalue weighted by atomic mass is 16.2. The first kappa shape index (κ1) is 14.1. The van der Waals surface area contributed by atoms with E-state index in [1.807, 2.05) is 30.3 Å². The number of benzene rings is 1. The third-order valence-electron chi connectivity index (χ3n) is 4.03. The first-order chi connectivity index (χ1) is 9.29. The summed E-state index contributed by atoms with van der Waals surface area (Å²) < 4.78 is 0. The van der Waals surface area contributed by atoms with Gasteiger partial charge in [0.15, 0.2) is 0 Å². The first-order valence-corrected chi connectivity index (χ1v) is 7.67. The van der Waals surface area contributed by atoms with Gasteiger partial charge in [-0.2, -0.15) is 0 Å². The SMILES string of the molecule is CCCC[C@@H]1[C@@H](CCCC)N1C(=O)c1ccccc1. The number of unbranched alkanes of at least 4 members (excludes halogenated alkanes) is 2. The van der Waals surface area contributed by atoms with Crippen molar-refractivity contribution >= 4 is 5.91 Å². The normalized spacial score (nSPS) is 21.5. The molecule has 0 N–H and O–H groups in total. The molecule has 2 heteroatoms. The molecule has 2 rings (SSSR count). The number of amides is 1. The lowest BCUT2D eigenvalue weighted by Crippen LogP contribution is -2.15. The number of hydrogen-bond acceptors (Lipinski definition) is 1. The van der Waals surface area contributed by atoms with E-state index >= 15 is 0 Å². The first-order valence-electron chi connectivity index (χ1n) is 7.67. The highest BCUT2D eigenvalue weighted by Gasteiger charge is 2.49. The van der Waals surface area contributed by atoms with Gasteiger partial charge in [0.05, 0.1) is 12.1 Å². The molecule has 1 heterocycles. The monoisotopic (exact) mass is 259 g/mol. The van der Waals surface area contributed by atoms with Gasteiger partial charge < -0.3 is 4.90 Å². The molecule has 1 fully saturated rings. The predicted molar refractivity (Wildman–Crippen MR) is 79.2 cm³/mol. The van der Waals surface area contributed by atoms with Gasteiger partial charge in [0.1, 0.15) is 0 Å². The van der Waals surface area contributed by atoms with Crippen molar-refractivity contribution in [2.45, 2.75) is 64.5 Å². The molecule has 2 nitrogen and oxygen atoms in total. The Hall–Kier alpha value is -1.31. The lowest BCUT2D eigenvalue weighted by Gasteiger charge is -2.04. The van der Waals surface area contributed by atoms with Gasteiger partial charge in [-0.25, -0.2) is 0 Å². The quantitative estimate of drug-likeness (QED) is 0.670. The van der Waals surface area contributed by atoms with Crippen molar-refractivity contribution in [3.8, 4) is 0 Å². The molecule has 0 aliphatic carbocycles. The van der Waals surface area contributed by atoms with E-state index in [0.717, 1.165) is 5.56 Å². The van der Waals surface area contributed by atoms with Crippen molar-refractivity contribution in [1.82, 2.24) is 4.90 Å². The minimum absolute atomic E-state index is 0.225. The molecule has 1 aromatic rings. The predicted octanol–water partition coefficient (Wildman–Crippen LogP) is 4.26. The third-order valence-corrected chi connectivity index (χ3v) is 4.03. The zero-order valence-electron chi connectivity index (χ0n) is 12.1. The Morgan fingerprint density at radius 2 is 1.53 bits per heavy atom. The zero-order chi connectivity index (χ0) is 13.7. The van der Waals surface area contributed by atoms with Crippen molar-refractivity contribution in [2.75, 3.05) is 0 Å². The number of hydrogen-bond donors (Lipinski definition) is 0. The summed E-state index contributed by atoms with van der Waals surface area (Å²) in [6.07, 6.45) is 7.22. The summed E-state index contributed by atoms with van der Waals surface area (Å²) in [6, 6.07) is 10.7. The van der Waals surface area contributed by atoms with Crippen molar-refractivity contribution in [2.24, 2.45) is 0 Å². The minimum atomic E-state index is 0.225. The summed E-state index contributed by atoms with van der Waals surface area (Å²) in [5.41, 5.74) is 0.836. The third kappa shape index (κ3) is 3.37. The molecule has 1 aliphatic rings. The molecular formula is C17H25NO. The van der Waals surface area contributed by atoms with Crippen molar-refractivity contribution < 1.29 is 4.79 Å². The van der Waals surface area contributed by atoms with E-state index in [1.165, 1.54) is 38.5 Å². The molecule has 0 bridgehead atoms. The van der Waals surface area contributed by atoms with Gasteiger partial charge in [0.25, 0.3) is 5.91 Å². The highest BCUT2D eigenvalue weighted by Crippen LogP contribution is 2.37. The van der Waals surface area contributed by atoms with Crippen LogP contribution in [0.1, 0.15) is 62.7 Å². The van der Waals surface area contributed by atoms with E-state index in [-0.39, 0.29) is 5.91 Å². The average Bonchev–Trinajstić information content (AvgIpc) is 3.15. The number of nitrogens with zero attached hydrogens (tertiary/aromatic N) is 1. The Morgan fingerprint density at radius 1 is 1.00 bits per heavy atom. The Balaban J connectivity index is 1.98. The smallest absolute Gasteiger partial charge is 0.254 e. The van der Waals surface area contributed by atoms with Crippen LogP contribution in [-0.2, 0) is 0 Å². The second-order valence-electron chi connectivity index (χ2n) is 5.50. The molecule has 0 radical (unpaired) electrons. The van der Waals surface area contributed by atoms with Gasteiger partial charge in [0.2, 0.25) is 0 Å². The average molecular weight is 259 g/mol. The van der Waals surface area contributed by atoms with E-state index in [9.17, 15) is 4.79 Å². The van der Waals surface area contributed by atoms with Crippen LogP contribution in [0.2, 0.25) is 0 Å². The molecule has 0 unspecified atom stereocenters. The summed E-state index contributed by atoms with van der Waals surface area (Å²) in [4.78, 5) is 14.6. The zero-order valence-corrected chi connectivity index (χ0v) is 12.1. The molecule has 1 aromatic carbocycles. The largest absolute Gasteiger partial charge is 0.329 e. The second-order valence-corrected chi connectivity index (χ2v) is 5.50. The van der Waals surface area contributed by atoms with Crippen LogP contribution in [0.15, 0.2) is 30.3 Å². The Labute approximate surface area is 116 Å². The van der Waals surface area contributed by atoms with Crippen LogP contribution >= 0.6 is 0 Å². The van der Waals surface area contributed by atoms with E-state index in [0.29, 0.717) is 12.1 Å². The summed E-state index contributed by atoms with van der Waals surface area (Å²) in [5, 5.41) is 0.